The van der Waals surface area contributed by atoms with Crippen molar-refractivity contribution < 1.29 is 18.0 Å². The molecule has 4 N–H and O–H groups in total. The van der Waals surface area contributed by atoms with Gasteiger partial charge in [0, 0.05) is 11.4 Å². The Labute approximate surface area is 143 Å². The van der Waals surface area contributed by atoms with Crippen LogP contribution >= 0.6 is 0 Å². The third-order valence-corrected chi connectivity index (χ3v) is 4.30. The highest BCUT2D eigenvalue weighted by molar-refractivity contribution is 6.00. The Balaban J connectivity index is 1.66. The Morgan fingerprint density at radius 1 is 1.08 bits per heavy atom. The van der Waals surface area contributed by atoms with Gasteiger partial charge in [0.05, 0.1) is 5.56 Å². The molecule has 0 heterocycles. The summed E-state index contributed by atoms with van der Waals surface area (Å²) < 4.78 is 37.6. The highest BCUT2D eigenvalue weighted by Gasteiger charge is 2.38. The van der Waals surface area contributed by atoms with Gasteiger partial charge in [-0.3, -0.25) is 0 Å². The third kappa shape index (κ3) is 4.11. The molecule has 7 heteroatoms. The van der Waals surface area contributed by atoms with Gasteiger partial charge in [-0.05, 0) is 60.7 Å². The first-order valence-corrected chi connectivity index (χ1v) is 7.92. The molecule has 132 valence electrons. The van der Waals surface area contributed by atoms with E-state index in [2.05, 4.69) is 10.6 Å². The lowest BCUT2D eigenvalue weighted by Gasteiger charge is -2.12. The van der Waals surface area contributed by atoms with Gasteiger partial charge in [0.25, 0.3) is 0 Å². The molecule has 2 amide bonds. The first kappa shape index (κ1) is 17.3. The van der Waals surface area contributed by atoms with Crippen molar-refractivity contribution in [2.45, 2.75) is 18.5 Å². The van der Waals surface area contributed by atoms with Crippen LogP contribution in [0.5, 0.6) is 0 Å². The van der Waals surface area contributed by atoms with Crippen LogP contribution in [0.2, 0.25) is 0 Å². The van der Waals surface area contributed by atoms with Crippen molar-refractivity contribution in [3.05, 3.63) is 59.7 Å². The van der Waals surface area contributed by atoms with Crippen LogP contribution in [0.3, 0.4) is 0 Å². The van der Waals surface area contributed by atoms with E-state index in [0.29, 0.717) is 24.1 Å². The molecule has 2 atom stereocenters. The predicted molar refractivity (Wildman–Crippen MR) is 90.4 cm³/mol. The predicted octanol–water partition coefficient (Wildman–Crippen LogP) is 4.41. The lowest BCUT2D eigenvalue weighted by Crippen LogP contribution is -2.20. The van der Waals surface area contributed by atoms with Crippen molar-refractivity contribution in [2.24, 2.45) is 11.7 Å². The molecule has 2 unspecified atom stereocenters. The average molecular weight is 349 g/mol. The molecule has 4 nitrogen and oxygen atoms in total. The number of alkyl halides is 3. The molecule has 1 aliphatic rings. The highest BCUT2D eigenvalue weighted by Crippen LogP contribution is 2.49. The van der Waals surface area contributed by atoms with E-state index < -0.39 is 17.8 Å². The van der Waals surface area contributed by atoms with E-state index in [1.807, 2.05) is 18.2 Å². The molecule has 25 heavy (non-hydrogen) atoms. The van der Waals surface area contributed by atoms with Crippen LogP contribution in [0.15, 0.2) is 48.5 Å². The third-order valence-electron chi connectivity index (χ3n) is 4.30. The van der Waals surface area contributed by atoms with E-state index in [4.69, 9.17) is 5.73 Å². The minimum atomic E-state index is -4.40. The van der Waals surface area contributed by atoms with Crippen molar-refractivity contribution in [1.29, 1.82) is 0 Å². The van der Waals surface area contributed by atoms with Gasteiger partial charge >= 0.3 is 12.2 Å². The Kier molecular flexibility index (Phi) is 4.67. The van der Waals surface area contributed by atoms with Gasteiger partial charge in [0.2, 0.25) is 0 Å². The van der Waals surface area contributed by atoms with Crippen molar-refractivity contribution in [1.82, 2.24) is 0 Å². The molecule has 1 fully saturated rings. The number of nitrogens with one attached hydrogen (secondary N) is 2. The van der Waals surface area contributed by atoms with Crippen molar-refractivity contribution >= 4 is 17.4 Å². The quantitative estimate of drug-likeness (QED) is 0.765. The second-order valence-electron chi connectivity index (χ2n) is 6.08. The summed E-state index contributed by atoms with van der Waals surface area (Å²) in [5.41, 5.74) is 6.92. The summed E-state index contributed by atoms with van der Waals surface area (Å²) in [4.78, 5) is 12.1. The number of urea groups is 1. The Hall–Kier alpha value is -2.54. The van der Waals surface area contributed by atoms with Crippen LogP contribution in [0, 0.1) is 5.92 Å². The van der Waals surface area contributed by atoms with Gasteiger partial charge in [0.15, 0.2) is 0 Å². The maximum atomic E-state index is 12.5. The molecule has 2 aromatic rings. The lowest BCUT2D eigenvalue weighted by atomic mass is 10.1. The largest absolute Gasteiger partial charge is 0.416 e. The molecule has 0 saturated heterocycles. The smallest absolute Gasteiger partial charge is 0.330 e. The number of carbonyl (C=O) groups excluding carboxylic acids is 1. The number of anilines is 2. The zero-order valence-electron chi connectivity index (χ0n) is 13.3. The van der Waals surface area contributed by atoms with Crippen molar-refractivity contribution in [2.75, 3.05) is 17.2 Å². The molecule has 0 aromatic heterocycles. The van der Waals surface area contributed by atoms with Crippen LogP contribution in [-0.2, 0) is 6.18 Å². The van der Waals surface area contributed by atoms with Crippen LogP contribution in [0.4, 0.5) is 29.3 Å². The van der Waals surface area contributed by atoms with Crippen molar-refractivity contribution in [3.63, 3.8) is 0 Å². The first-order chi connectivity index (χ1) is 11.9. The topological polar surface area (TPSA) is 67.1 Å². The van der Waals surface area contributed by atoms with E-state index in [1.54, 1.807) is 6.07 Å². The SMILES string of the molecule is NCC1CC1c1ccccc1NC(=O)Nc1ccc(C(F)(F)F)cc1. The summed E-state index contributed by atoms with van der Waals surface area (Å²) in [5.74, 6) is 0.772. The second kappa shape index (κ2) is 6.76. The number of hydrogen-bond acceptors (Lipinski definition) is 2. The van der Waals surface area contributed by atoms with Gasteiger partial charge in [-0.25, -0.2) is 4.79 Å². The summed E-state index contributed by atoms with van der Waals surface area (Å²) in [6.07, 6.45) is -3.40. The monoisotopic (exact) mass is 349 g/mol. The molecule has 0 radical (unpaired) electrons. The molecule has 0 aliphatic heterocycles. The zero-order chi connectivity index (χ0) is 18.0. The van der Waals surface area contributed by atoms with Gasteiger partial charge in [-0.1, -0.05) is 18.2 Å². The molecule has 0 spiro atoms. The maximum Gasteiger partial charge on any atom is 0.416 e. The van der Waals surface area contributed by atoms with Crippen LogP contribution in [-0.4, -0.2) is 12.6 Å². The summed E-state index contributed by atoms with van der Waals surface area (Å²) in [5, 5.41) is 5.30. The second-order valence-corrected chi connectivity index (χ2v) is 6.08. The normalized spacial score (nSPS) is 19.4. The standard InChI is InChI=1S/C18H18F3N3O/c19-18(20,21)12-5-7-13(8-6-12)23-17(25)24-16-4-2-1-3-14(16)15-9-11(15)10-22/h1-8,11,15H,9-10,22H2,(H2,23,24,25). The number of carbonyl (C=O) groups is 1. The molecule has 0 bridgehead atoms. The van der Waals surface area contributed by atoms with Crippen LogP contribution in [0.1, 0.15) is 23.5 Å². The van der Waals surface area contributed by atoms with Crippen LogP contribution < -0.4 is 16.4 Å². The summed E-state index contributed by atoms with van der Waals surface area (Å²) in [6, 6.07) is 11.3. The lowest BCUT2D eigenvalue weighted by molar-refractivity contribution is -0.137. The maximum absolute atomic E-state index is 12.5. The van der Waals surface area contributed by atoms with E-state index in [1.165, 1.54) is 12.1 Å². The Morgan fingerprint density at radius 2 is 1.76 bits per heavy atom. The van der Waals surface area contributed by atoms with E-state index in [9.17, 15) is 18.0 Å². The molecular formula is C18H18F3N3O. The number of rotatable bonds is 4. The number of benzene rings is 2. The minimum Gasteiger partial charge on any atom is -0.330 e. The van der Waals surface area contributed by atoms with Gasteiger partial charge in [-0.2, -0.15) is 13.2 Å². The van der Waals surface area contributed by atoms with E-state index in [0.717, 1.165) is 24.1 Å². The number of para-hydroxylation sites is 1. The van der Waals surface area contributed by atoms with Crippen LogP contribution in [0.25, 0.3) is 0 Å². The fourth-order valence-corrected chi connectivity index (χ4v) is 2.85. The summed E-state index contributed by atoms with van der Waals surface area (Å²) in [7, 11) is 0. The summed E-state index contributed by atoms with van der Waals surface area (Å²) >= 11 is 0. The molecule has 3 rings (SSSR count). The number of nitrogens with two attached hydrogens (primary N) is 1. The molecule has 2 aromatic carbocycles. The number of amides is 2. The zero-order valence-corrected chi connectivity index (χ0v) is 13.3. The minimum absolute atomic E-state index is 0.286. The Morgan fingerprint density at radius 3 is 2.36 bits per heavy atom. The van der Waals surface area contributed by atoms with Gasteiger partial charge in [0.1, 0.15) is 0 Å². The fourth-order valence-electron chi connectivity index (χ4n) is 2.85. The van der Waals surface area contributed by atoms with Gasteiger partial charge < -0.3 is 16.4 Å². The molecule has 1 aliphatic carbocycles. The van der Waals surface area contributed by atoms with Crippen molar-refractivity contribution in [3.8, 4) is 0 Å². The van der Waals surface area contributed by atoms with E-state index >= 15 is 0 Å². The average Bonchev–Trinajstić information content (AvgIpc) is 3.34. The fraction of sp³-hybridized carbons (Fsp3) is 0.278. The highest BCUT2D eigenvalue weighted by atomic mass is 19.4. The number of hydrogen-bond donors (Lipinski definition) is 3. The number of halogens is 3. The van der Waals surface area contributed by atoms with Gasteiger partial charge in [-0.15, -0.1) is 0 Å². The molecule has 1 saturated carbocycles. The summed E-state index contributed by atoms with van der Waals surface area (Å²) in [6.45, 7) is 0.608. The first-order valence-electron chi connectivity index (χ1n) is 7.92. The Bertz CT molecular complexity index is 759. The molecular weight excluding hydrogens is 331 g/mol. The van der Waals surface area contributed by atoms with E-state index in [-0.39, 0.29) is 5.69 Å².